The summed E-state index contributed by atoms with van der Waals surface area (Å²) in [4.78, 5) is 2.20. The van der Waals surface area contributed by atoms with Gasteiger partial charge in [-0.05, 0) is 38.6 Å². The molecule has 0 saturated carbocycles. The molecular formula is C19H21N3O. The van der Waals surface area contributed by atoms with E-state index in [-0.39, 0.29) is 6.04 Å². The Hall–Kier alpha value is -2.46. The van der Waals surface area contributed by atoms with E-state index in [4.69, 9.17) is 4.42 Å². The minimum atomic E-state index is 0.283. The van der Waals surface area contributed by atoms with Gasteiger partial charge in [0.05, 0.1) is 6.54 Å². The lowest BCUT2D eigenvalue weighted by Crippen LogP contribution is -2.22. The SMILES string of the molecule is Cc1cccc(-c2nnc(CN(C)C(C)c3ccccc3)o2)c1. The van der Waals surface area contributed by atoms with E-state index >= 15 is 0 Å². The molecule has 118 valence electrons. The molecule has 0 aliphatic heterocycles. The largest absolute Gasteiger partial charge is 0.419 e. The van der Waals surface area contributed by atoms with Gasteiger partial charge in [-0.25, -0.2) is 0 Å². The Balaban J connectivity index is 1.71. The average Bonchev–Trinajstić information content (AvgIpc) is 3.03. The Labute approximate surface area is 136 Å². The molecule has 3 rings (SSSR count). The van der Waals surface area contributed by atoms with Crippen molar-refractivity contribution in [3.63, 3.8) is 0 Å². The van der Waals surface area contributed by atoms with E-state index in [9.17, 15) is 0 Å². The van der Waals surface area contributed by atoms with Crippen LogP contribution in [0.1, 0.15) is 30.0 Å². The molecular weight excluding hydrogens is 286 g/mol. The van der Waals surface area contributed by atoms with Gasteiger partial charge < -0.3 is 4.42 Å². The zero-order valence-electron chi connectivity index (χ0n) is 13.7. The second-order valence-corrected chi connectivity index (χ2v) is 5.87. The minimum absolute atomic E-state index is 0.283. The summed E-state index contributed by atoms with van der Waals surface area (Å²) >= 11 is 0. The minimum Gasteiger partial charge on any atom is -0.419 e. The Morgan fingerprint density at radius 1 is 1.04 bits per heavy atom. The summed E-state index contributed by atoms with van der Waals surface area (Å²) in [5, 5.41) is 8.35. The predicted octanol–water partition coefficient (Wildman–Crippen LogP) is 4.24. The van der Waals surface area contributed by atoms with E-state index < -0.39 is 0 Å². The Morgan fingerprint density at radius 2 is 1.83 bits per heavy atom. The summed E-state index contributed by atoms with van der Waals surface area (Å²) < 4.78 is 5.82. The van der Waals surface area contributed by atoms with Crippen LogP contribution in [-0.4, -0.2) is 22.1 Å². The quantitative estimate of drug-likeness (QED) is 0.707. The number of aryl methyl sites for hydroxylation is 1. The highest BCUT2D eigenvalue weighted by atomic mass is 16.4. The summed E-state index contributed by atoms with van der Waals surface area (Å²) in [6, 6.07) is 18.8. The van der Waals surface area contributed by atoms with E-state index in [1.54, 1.807) is 0 Å². The Kier molecular flexibility index (Phi) is 4.53. The first-order chi connectivity index (χ1) is 11.1. The number of benzene rings is 2. The number of nitrogens with zero attached hydrogens (tertiary/aromatic N) is 3. The normalized spacial score (nSPS) is 12.5. The Morgan fingerprint density at radius 3 is 2.57 bits per heavy atom. The number of rotatable bonds is 5. The van der Waals surface area contributed by atoms with Crippen molar-refractivity contribution in [1.29, 1.82) is 0 Å². The molecule has 0 fully saturated rings. The lowest BCUT2D eigenvalue weighted by atomic mass is 10.1. The first kappa shape index (κ1) is 15.4. The van der Waals surface area contributed by atoms with Crippen LogP contribution in [0.25, 0.3) is 11.5 Å². The van der Waals surface area contributed by atoms with Gasteiger partial charge in [0.1, 0.15) is 0 Å². The number of hydrogen-bond donors (Lipinski definition) is 0. The van der Waals surface area contributed by atoms with Gasteiger partial charge in [-0.1, -0.05) is 48.0 Å². The van der Waals surface area contributed by atoms with Crippen molar-refractivity contribution in [2.45, 2.75) is 26.4 Å². The summed E-state index contributed by atoms with van der Waals surface area (Å²) in [5.74, 6) is 1.20. The van der Waals surface area contributed by atoms with Crippen LogP contribution in [0.5, 0.6) is 0 Å². The molecule has 1 atom stereocenters. The van der Waals surface area contributed by atoms with Gasteiger partial charge >= 0.3 is 0 Å². The van der Waals surface area contributed by atoms with Crippen LogP contribution in [0.2, 0.25) is 0 Å². The fourth-order valence-electron chi connectivity index (χ4n) is 2.55. The lowest BCUT2D eigenvalue weighted by molar-refractivity contribution is 0.228. The first-order valence-corrected chi connectivity index (χ1v) is 7.78. The van der Waals surface area contributed by atoms with Crippen molar-refractivity contribution in [2.75, 3.05) is 7.05 Å². The van der Waals surface area contributed by atoms with Crippen LogP contribution in [0.4, 0.5) is 0 Å². The summed E-state index contributed by atoms with van der Waals surface area (Å²) in [5.41, 5.74) is 3.41. The molecule has 3 aromatic rings. The van der Waals surface area contributed by atoms with Gasteiger partial charge in [0, 0.05) is 11.6 Å². The van der Waals surface area contributed by atoms with E-state index in [2.05, 4.69) is 66.3 Å². The zero-order chi connectivity index (χ0) is 16.2. The predicted molar refractivity (Wildman–Crippen MR) is 90.8 cm³/mol. The highest BCUT2D eigenvalue weighted by Gasteiger charge is 2.15. The molecule has 0 aliphatic carbocycles. The molecule has 1 heterocycles. The molecule has 0 saturated heterocycles. The fraction of sp³-hybridized carbons (Fsp3) is 0.263. The third-order valence-electron chi connectivity index (χ3n) is 4.06. The first-order valence-electron chi connectivity index (χ1n) is 7.78. The van der Waals surface area contributed by atoms with Crippen LogP contribution in [0, 0.1) is 6.92 Å². The van der Waals surface area contributed by atoms with Crippen LogP contribution in [-0.2, 0) is 6.54 Å². The molecule has 0 aliphatic rings. The molecule has 0 bridgehead atoms. The van der Waals surface area contributed by atoms with Crippen LogP contribution in [0.3, 0.4) is 0 Å². The highest BCUT2D eigenvalue weighted by molar-refractivity contribution is 5.53. The fourth-order valence-corrected chi connectivity index (χ4v) is 2.55. The topological polar surface area (TPSA) is 42.2 Å². The number of hydrogen-bond acceptors (Lipinski definition) is 4. The second kappa shape index (κ2) is 6.75. The van der Waals surface area contributed by atoms with Gasteiger partial charge in [0.2, 0.25) is 11.8 Å². The maximum atomic E-state index is 5.82. The van der Waals surface area contributed by atoms with Gasteiger partial charge in [0.25, 0.3) is 0 Å². The van der Waals surface area contributed by atoms with Crippen LogP contribution < -0.4 is 0 Å². The van der Waals surface area contributed by atoms with Gasteiger partial charge in [-0.15, -0.1) is 10.2 Å². The van der Waals surface area contributed by atoms with Crippen molar-refractivity contribution >= 4 is 0 Å². The molecule has 23 heavy (non-hydrogen) atoms. The monoisotopic (exact) mass is 307 g/mol. The lowest BCUT2D eigenvalue weighted by Gasteiger charge is -2.23. The van der Waals surface area contributed by atoms with E-state index in [1.807, 2.05) is 24.3 Å². The van der Waals surface area contributed by atoms with Crippen molar-refractivity contribution in [3.8, 4) is 11.5 Å². The van der Waals surface area contributed by atoms with Gasteiger partial charge in [-0.3, -0.25) is 4.90 Å². The van der Waals surface area contributed by atoms with E-state index in [0.717, 1.165) is 5.56 Å². The van der Waals surface area contributed by atoms with Crippen LogP contribution >= 0.6 is 0 Å². The smallest absolute Gasteiger partial charge is 0.247 e. The van der Waals surface area contributed by atoms with Crippen molar-refractivity contribution < 1.29 is 4.42 Å². The molecule has 0 N–H and O–H groups in total. The molecule has 2 aromatic carbocycles. The zero-order valence-corrected chi connectivity index (χ0v) is 13.7. The van der Waals surface area contributed by atoms with Crippen molar-refractivity contribution in [1.82, 2.24) is 15.1 Å². The van der Waals surface area contributed by atoms with Crippen LogP contribution in [0.15, 0.2) is 59.0 Å². The molecule has 4 heteroatoms. The summed E-state index contributed by atoms with van der Waals surface area (Å²) in [6.45, 7) is 4.85. The standard InChI is InChI=1S/C19H21N3O/c1-14-8-7-11-17(12-14)19-21-20-18(23-19)13-22(3)15(2)16-9-5-4-6-10-16/h4-12,15H,13H2,1-3H3. The Bertz CT molecular complexity index is 767. The number of aromatic nitrogens is 2. The van der Waals surface area contributed by atoms with Crippen molar-refractivity contribution in [2.24, 2.45) is 0 Å². The maximum Gasteiger partial charge on any atom is 0.247 e. The second-order valence-electron chi connectivity index (χ2n) is 5.87. The summed E-state index contributed by atoms with van der Waals surface area (Å²) in [6.07, 6.45) is 0. The molecule has 0 spiro atoms. The molecule has 0 amide bonds. The van der Waals surface area contributed by atoms with Crippen molar-refractivity contribution in [3.05, 3.63) is 71.6 Å². The van der Waals surface area contributed by atoms with E-state index in [1.165, 1.54) is 11.1 Å². The maximum absolute atomic E-state index is 5.82. The molecule has 0 radical (unpaired) electrons. The molecule has 1 aromatic heterocycles. The third-order valence-corrected chi connectivity index (χ3v) is 4.06. The van der Waals surface area contributed by atoms with Gasteiger partial charge in [0.15, 0.2) is 0 Å². The summed E-state index contributed by atoms with van der Waals surface area (Å²) in [7, 11) is 2.06. The highest BCUT2D eigenvalue weighted by Crippen LogP contribution is 2.22. The van der Waals surface area contributed by atoms with E-state index in [0.29, 0.717) is 18.3 Å². The molecule has 4 nitrogen and oxygen atoms in total. The third kappa shape index (κ3) is 3.66. The average molecular weight is 307 g/mol. The molecule has 1 unspecified atom stereocenters. The van der Waals surface area contributed by atoms with Gasteiger partial charge in [-0.2, -0.15) is 0 Å².